The number of nitrogens with zero attached hydrogens (tertiary/aromatic N) is 3. The molecule has 2 saturated heterocycles. The van der Waals surface area contributed by atoms with Crippen molar-refractivity contribution < 1.29 is 4.74 Å². The van der Waals surface area contributed by atoms with Crippen LogP contribution in [-0.2, 0) is 11.3 Å². The molecule has 4 nitrogen and oxygen atoms in total. The zero-order chi connectivity index (χ0) is 17.1. The molecule has 1 atom stereocenters. The van der Waals surface area contributed by atoms with E-state index in [0.29, 0.717) is 6.04 Å². The highest BCUT2D eigenvalue weighted by atomic mass is 16.5. The summed E-state index contributed by atoms with van der Waals surface area (Å²) in [4.78, 5) is 9.40. The molecule has 138 valence electrons. The third kappa shape index (κ3) is 4.24. The fourth-order valence-corrected chi connectivity index (χ4v) is 5.06. The maximum absolute atomic E-state index is 6.39. The molecule has 3 heterocycles. The van der Waals surface area contributed by atoms with Gasteiger partial charge in [0.2, 0.25) is 0 Å². The Kier molecular flexibility index (Phi) is 5.39. The molecule has 25 heavy (non-hydrogen) atoms. The Hall–Kier alpha value is -0.970. The first kappa shape index (κ1) is 17.4. The normalized spacial score (nSPS) is 27.5. The topological polar surface area (TPSA) is 28.6 Å². The van der Waals surface area contributed by atoms with Gasteiger partial charge in [-0.2, -0.15) is 0 Å². The zero-order valence-electron chi connectivity index (χ0n) is 15.7. The van der Waals surface area contributed by atoms with Gasteiger partial charge in [-0.25, -0.2) is 0 Å². The quantitative estimate of drug-likeness (QED) is 0.820. The van der Waals surface area contributed by atoms with E-state index in [1.165, 1.54) is 70.1 Å². The predicted molar refractivity (Wildman–Crippen MR) is 100 cm³/mol. The van der Waals surface area contributed by atoms with Crippen LogP contribution in [0.2, 0.25) is 0 Å². The Morgan fingerprint density at radius 3 is 2.80 bits per heavy atom. The van der Waals surface area contributed by atoms with Crippen molar-refractivity contribution in [2.45, 2.75) is 63.1 Å². The Labute approximate surface area is 152 Å². The molecule has 1 unspecified atom stereocenters. The monoisotopic (exact) mass is 343 g/mol. The Balaban J connectivity index is 1.26. The first-order chi connectivity index (χ1) is 12.2. The molecule has 1 aromatic heterocycles. The molecule has 3 fully saturated rings. The van der Waals surface area contributed by atoms with Gasteiger partial charge in [-0.05, 0) is 56.7 Å². The van der Waals surface area contributed by atoms with Gasteiger partial charge in [0.15, 0.2) is 0 Å². The third-order valence-corrected chi connectivity index (χ3v) is 6.73. The maximum atomic E-state index is 6.39. The molecule has 1 saturated carbocycles. The highest BCUT2D eigenvalue weighted by molar-refractivity contribution is 5.08. The van der Waals surface area contributed by atoms with E-state index >= 15 is 0 Å². The number of hydrogen-bond acceptors (Lipinski definition) is 4. The van der Waals surface area contributed by atoms with Crippen molar-refractivity contribution in [3.05, 3.63) is 30.1 Å². The third-order valence-electron chi connectivity index (χ3n) is 6.73. The average Bonchev–Trinajstić information content (AvgIpc) is 3.29. The SMILES string of the molecule is CN(Cc1cccnc1)C1COC2(CCN(CC3CCCC3)CC2)C1. The molecule has 4 heteroatoms. The van der Waals surface area contributed by atoms with Gasteiger partial charge in [0.25, 0.3) is 0 Å². The second-order valence-corrected chi connectivity index (χ2v) is 8.58. The van der Waals surface area contributed by atoms with Crippen LogP contribution in [-0.4, -0.2) is 59.7 Å². The minimum atomic E-state index is 0.153. The molecule has 3 aliphatic rings. The van der Waals surface area contributed by atoms with Crippen molar-refractivity contribution >= 4 is 0 Å². The van der Waals surface area contributed by atoms with Crippen molar-refractivity contribution in [1.29, 1.82) is 0 Å². The van der Waals surface area contributed by atoms with E-state index in [-0.39, 0.29) is 5.60 Å². The van der Waals surface area contributed by atoms with Gasteiger partial charge < -0.3 is 9.64 Å². The van der Waals surface area contributed by atoms with Gasteiger partial charge in [-0.3, -0.25) is 9.88 Å². The minimum Gasteiger partial charge on any atom is -0.373 e. The van der Waals surface area contributed by atoms with E-state index in [2.05, 4.69) is 27.9 Å². The van der Waals surface area contributed by atoms with Crippen LogP contribution in [0.1, 0.15) is 50.5 Å². The minimum absolute atomic E-state index is 0.153. The van der Waals surface area contributed by atoms with E-state index in [1.54, 1.807) is 0 Å². The lowest BCUT2D eigenvalue weighted by Gasteiger charge is -2.39. The number of ether oxygens (including phenoxy) is 1. The van der Waals surface area contributed by atoms with Gasteiger partial charge in [0, 0.05) is 44.6 Å². The Morgan fingerprint density at radius 2 is 2.08 bits per heavy atom. The molecule has 0 aromatic carbocycles. The van der Waals surface area contributed by atoms with Crippen LogP contribution in [0.15, 0.2) is 24.5 Å². The highest BCUT2D eigenvalue weighted by Crippen LogP contribution is 2.38. The van der Waals surface area contributed by atoms with E-state index in [9.17, 15) is 0 Å². The van der Waals surface area contributed by atoms with E-state index < -0.39 is 0 Å². The fourth-order valence-electron chi connectivity index (χ4n) is 5.06. The van der Waals surface area contributed by atoms with Crippen LogP contribution in [0.25, 0.3) is 0 Å². The number of rotatable bonds is 5. The van der Waals surface area contributed by atoms with Crippen molar-refractivity contribution in [3.63, 3.8) is 0 Å². The molecule has 1 aromatic rings. The smallest absolute Gasteiger partial charge is 0.0723 e. The molecule has 0 radical (unpaired) electrons. The number of hydrogen-bond donors (Lipinski definition) is 0. The van der Waals surface area contributed by atoms with Crippen LogP contribution >= 0.6 is 0 Å². The van der Waals surface area contributed by atoms with E-state index in [0.717, 1.165) is 19.1 Å². The zero-order valence-corrected chi connectivity index (χ0v) is 15.7. The molecule has 2 aliphatic heterocycles. The lowest BCUT2D eigenvalue weighted by Crippen LogP contribution is -2.46. The number of pyridine rings is 1. The lowest BCUT2D eigenvalue weighted by atomic mass is 9.86. The first-order valence-electron chi connectivity index (χ1n) is 10.2. The molecule has 1 spiro atoms. The predicted octanol–water partition coefficient (Wildman–Crippen LogP) is 3.33. The van der Waals surface area contributed by atoms with Crippen molar-refractivity contribution in [2.75, 3.05) is 33.3 Å². The van der Waals surface area contributed by atoms with Crippen molar-refractivity contribution in [1.82, 2.24) is 14.8 Å². The van der Waals surface area contributed by atoms with Crippen LogP contribution in [0, 0.1) is 5.92 Å². The van der Waals surface area contributed by atoms with Gasteiger partial charge in [-0.1, -0.05) is 18.9 Å². The van der Waals surface area contributed by atoms with Crippen molar-refractivity contribution in [2.24, 2.45) is 5.92 Å². The number of likely N-dealkylation sites (tertiary alicyclic amines) is 1. The molecule has 0 amide bonds. The second-order valence-electron chi connectivity index (χ2n) is 8.58. The summed E-state index contributed by atoms with van der Waals surface area (Å²) in [5.41, 5.74) is 1.44. The van der Waals surface area contributed by atoms with E-state index in [4.69, 9.17) is 4.74 Å². The molecule has 4 rings (SSSR count). The molecule has 0 bridgehead atoms. The summed E-state index contributed by atoms with van der Waals surface area (Å²) < 4.78 is 6.39. The Bertz CT molecular complexity index is 535. The first-order valence-corrected chi connectivity index (χ1v) is 10.2. The summed E-state index contributed by atoms with van der Waals surface area (Å²) in [5.74, 6) is 0.969. The van der Waals surface area contributed by atoms with Gasteiger partial charge in [-0.15, -0.1) is 0 Å². The summed E-state index contributed by atoms with van der Waals surface area (Å²) in [7, 11) is 2.23. The highest BCUT2D eigenvalue weighted by Gasteiger charge is 2.43. The summed E-state index contributed by atoms with van der Waals surface area (Å²) >= 11 is 0. The Morgan fingerprint density at radius 1 is 1.28 bits per heavy atom. The fraction of sp³-hybridized carbons (Fsp3) is 0.762. The molecule has 0 N–H and O–H groups in total. The number of aromatic nitrogens is 1. The molecule has 1 aliphatic carbocycles. The summed E-state index contributed by atoms with van der Waals surface area (Å²) in [6.45, 7) is 5.65. The number of piperidine rings is 1. The van der Waals surface area contributed by atoms with Crippen molar-refractivity contribution in [3.8, 4) is 0 Å². The largest absolute Gasteiger partial charge is 0.373 e. The summed E-state index contributed by atoms with van der Waals surface area (Å²) in [6.07, 6.45) is 13.3. The van der Waals surface area contributed by atoms with Gasteiger partial charge >= 0.3 is 0 Å². The van der Waals surface area contributed by atoms with Crippen LogP contribution in [0.3, 0.4) is 0 Å². The van der Waals surface area contributed by atoms with E-state index in [1.807, 2.05) is 18.5 Å². The average molecular weight is 344 g/mol. The summed E-state index contributed by atoms with van der Waals surface area (Å²) in [5, 5.41) is 0. The maximum Gasteiger partial charge on any atom is 0.0723 e. The lowest BCUT2D eigenvalue weighted by molar-refractivity contribution is -0.0458. The summed E-state index contributed by atoms with van der Waals surface area (Å²) in [6, 6.07) is 4.73. The van der Waals surface area contributed by atoms with Crippen LogP contribution < -0.4 is 0 Å². The van der Waals surface area contributed by atoms with Gasteiger partial charge in [0.1, 0.15) is 0 Å². The van der Waals surface area contributed by atoms with Gasteiger partial charge in [0.05, 0.1) is 12.2 Å². The number of likely N-dealkylation sites (N-methyl/N-ethyl adjacent to an activating group) is 1. The van der Waals surface area contributed by atoms with Crippen LogP contribution in [0.4, 0.5) is 0 Å². The molecular weight excluding hydrogens is 310 g/mol. The van der Waals surface area contributed by atoms with Crippen LogP contribution in [0.5, 0.6) is 0 Å². The standard InChI is InChI=1S/C21H33N3O/c1-23(15-19-7-4-10-22-14-19)20-13-21(25-17-20)8-11-24(12-9-21)16-18-5-2-3-6-18/h4,7,10,14,18,20H,2-3,5-6,8-9,11-13,15-17H2,1H3. The molecular formula is C21H33N3O. The second kappa shape index (κ2) is 7.73.